The number of nitrogens with one attached hydrogen (secondary N) is 1. The molecule has 0 spiro atoms. The second kappa shape index (κ2) is 9.58. The lowest BCUT2D eigenvalue weighted by Crippen LogP contribution is -2.35. The molecule has 1 N–H and O–H groups in total. The van der Waals surface area contributed by atoms with E-state index in [1.165, 1.54) is 0 Å². The summed E-state index contributed by atoms with van der Waals surface area (Å²) in [6, 6.07) is 9.41. The molecule has 0 aliphatic carbocycles. The standard InChI is InChI=1S/C22H28N6O2/c1-14(2)8-21-25-26-27-28(21)19-10-17(20-7-6-15(3)12-23-20)9-18(11-19)22(29)24-16(4)13-30-5/h6-7,9-12,14,16H,8,13H2,1-5H3,(H,24,29). The number of hydrogen-bond acceptors (Lipinski definition) is 6. The van der Waals surface area contributed by atoms with Gasteiger partial charge in [0.1, 0.15) is 0 Å². The van der Waals surface area contributed by atoms with Gasteiger partial charge >= 0.3 is 0 Å². The van der Waals surface area contributed by atoms with E-state index in [-0.39, 0.29) is 11.9 Å². The third kappa shape index (κ3) is 5.27. The molecule has 2 aromatic heterocycles. The molecule has 0 radical (unpaired) electrons. The van der Waals surface area contributed by atoms with Crippen LogP contribution in [0, 0.1) is 12.8 Å². The van der Waals surface area contributed by atoms with Crippen LogP contribution in [0.2, 0.25) is 0 Å². The van der Waals surface area contributed by atoms with Crippen molar-refractivity contribution in [3.63, 3.8) is 0 Å². The molecule has 0 fully saturated rings. The lowest BCUT2D eigenvalue weighted by molar-refractivity contribution is 0.0905. The summed E-state index contributed by atoms with van der Waals surface area (Å²) >= 11 is 0. The zero-order chi connectivity index (χ0) is 21.7. The highest BCUT2D eigenvalue weighted by Crippen LogP contribution is 2.24. The number of ether oxygens (including phenoxy) is 1. The summed E-state index contributed by atoms with van der Waals surface area (Å²) in [5.41, 5.74) is 3.91. The Morgan fingerprint density at radius 3 is 2.67 bits per heavy atom. The Morgan fingerprint density at radius 1 is 1.20 bits per heavy atom. The highest BCUT2D eigenvalue weighted by Gasteiger charge is 2.17. The third-order valence-electron chi connectivity index (χ3n) is 4.55. The lowest BCUT2D eigenvalue weighted by Gasteiger charge is -2.15. The predicted molar refractivity (Wildman–Crippen MR) is 114 cm³/mol. The number of methoxy groups -OCH3 is 1. The van der Waals surface area contributed by atoms with Crippen LogP contribution >= 0.6 is 0 Å². The first kappa shape index (κ1) is 21.6. The first-order valence-corrected chi connectivity index (χ1v) is 10.0. The van der Waals surface area contributed by atoms with E-state index in [1.54, 1.807) is 17.9 Å². The number of nitrogens with zero attached hydrogens (tertiary/aromatic N) is 5. The summed E-state index contributed by atoms with van der Waals surface area (Å²) < 4.78 is 6.81. The highest BCUT2D eigenvalue weighted by atomic mass is 16.5. The molecule has 1 atom stereocenters. The number of carbonyl (C=O) groups is 1. The summed E-state index contributed by atoms with van der Waals surface area (Å²) in [5, 5.41) is 15.1. The molecule has 0 bridgehead atoms. The van der Waals surface area contributed by atoms with Gasteiger partial charge in [0.25, 0.3) is 5.91 Å². The molecular formula is C22H28N6O2. The van der Waals surface area contributed by atoms with Gasteiger partial charge in [-0.15, -0.1) is 5.10 Å². The minimum Gasteiger partial charge on any atom is -0.383 e. The van der Waals surface area contributed by atoms with Crippen LogP contribution in [0.25, 0.3) is 16.9 Å². The molecule has 0 aliphatic rings. The van der Waals surface area contributed by atoms with Gasteiger partial charge in [0.05, 0.1) is 18.0 Å². The molecule has 0 saturated carbocycles. The minimum absolute atomic E-state index is 0.114. The topological polar surface area (TPSA) is 94.8 Å². The van der Waals surface area contributed by atoms with Crippen LogP contribution in [0.15, 0.2) is 36.5 Å². The van der Waals surface area contributed by atoms with Crippen molar-refractivity contribution in [1.82, 2.24) is 30.5 Å². The van der Waals surface area contributed by atoms with Crippen molar-refractivity contribution in [1.29, 1.82) is 0 Å². The van der Waals surface area contributed by atoms with Crippen molar-refractivity contribution in [2.75, 3.05) is 13.7 Å². The fourth-order valence-corrected chi connectivity index (χ4v) is 3.15. The monoisotopic (exact) mass is 408 g/mol. The quantitative estimate of drug-likeness (QED) is 0.616. The molecule has 1 unspecified atom stereocenters. The maximum Gasteiger partial charge on any atom is 0.251 e. The van der Waals surface area contributed by atoms with Crippen LogP contribution in [0.3, 0.4) is 0 Å². The predicted octanol–water partition coefficient (Wildman–Crippen LogP) is 3.00. The molecule has 8 heteroatoms. The molecule has 8 nitrogen and oxygen atoms in total. The largest absolute Gasteiger partial charge is 0.383 e. The van der Waals surface area contributed by atoms with E-state index in [0.29, 0.717) is 18.1 Å². The van der Waals surface area contributed by atoms with Gasteiger partial charge in [-0.3, -0.25) is 9.78 Å². The van der Waals surface area contributed by atoms with Crippen LogP contribution in [-0.2, 0) is 11.2 Å². The zero-order valence-electron chi connectivity index (χ0n) is 18.1. The van der Waals surface area contributed by atoms with E-state index < -0.39 is 0 Å². The lowest BCUT2D eigenvalue weighted by atomic mass is 10.0. The number of pyridine rings is 1. The van der Waals surface area contributed by atoms with Gasteiger partial charge in [0.2, 0.25) is 0 Å². The Kier molecular flexibility index (Phi) is 6.89. The molecular weight excluding hydrogens is 380 g/mol. The van der Waals surface area contributed by atoms with Crippen molar-refractivity contribution >= 4 is 5.91 Å². The first-order chi connectivity index (χ1) is 14.4. The number of aromatic nitrogens is 5. The third-order valence-corrected chi connectivity index (χ3v) is 4.55. The molecule has 1 amide bonds. The van der Waals surface area contributed by atoms with Crippen molar-refractivity contribution in [3.05, 3.63) is 53.5 Å². The summed E-state index contributed by atoms with van der Waals surface area (Å²) in [4.78, 5) is 17.4. The van der Waals surface area contributed by atoms with Crippen molar-refractivity contribution in [2.24, 2.45) is 5.92 Å². The van der Waals surface area contributed by atoms with Gasteiger partial charge < -0.3 is 10.1 Å². The van der Waals surface area contributed by atoms with E-state index in [0.717, 1.165) is 34.8 Å². The van der Waals surface area contributed by atoms with Crippen LogP contribution in [0.1, 0.15) is 42.5 Å². The van der Waals surface area contributed by atoms with Crippen molar-refractivity contribution in [2.45, 2.75) is 40.2 Å². The maximum absolute atomic E-state index is 12.9. The number of benzene rings is 1. The average Bonchev–Trinajstić information content (AvgIpc) is 3.15. The molecule has 1 aromatic carbocycles. The van der Waals surface area contributed by atoms with Gasteiger partial charge in [-0.1, -0.05) is 19.9 Å². The molecule has 2 heterocycles. The number of amides is 1. The van der Waals surface area contributed by atoms with Gasteiger partial charge in [-0.2, -0.15) is 4.68 Å². The number of tetrazole rings is 1. The van der Waals surface area contributed by atoms with E-state index >= 15 is 0 Å². The summed E-state index contributed by atoms with van der Waals surface area (Å²) in [6.07, 6.45) is 2.54. The number of carbonyl (C=O) groups excluding carboxylic acids is 1. The number of aryl methyl sites for hydroxylation is 1. The Bertz CT molecular complexity index is 997. The van der Waals surface area contributed by atoms with E-state index in [2.05, 4.69) is 39.7 Å². The Hall–Kier alpha value is -3.13. The minimum atomic E-state index is -0.187. The fraction of sp³-hybridized carbons (Fsp3) is 0.409. The van der Waals surface area contributed by atoms with Crippen LogP contribution in [0.5, 0.6) is 0 Å². The van der Waals surface area contributed by atoms with Gasteiger partial charge in [-0.25, -0.2) is 0 Å². The van der Waals surface area contributed by atoms with Crippen molar-refractivity contribution in [3.8, 4) is 16.9 Å². The van der Waals surface area contributed by atoms with Gasteiger partial charge in [-0.05, 0) is 60.0 Å². The Balaban J connectivity index is 2.06. The fourth-order valence-electron chi connectivity index (χ4n) is 3.15. The summed E-state index contributed by atoms with van der Waals surface area (Å²) in [7, 11) is 1.61. The second-order valence-corrected chi connectivity index (χ2v) is 7.92. The van der Waals surface area contributed by atoms with Crippen LogP contribution in [0.4, 0.5) is 0 Å². The molecule has 3 aromatic rings. The van der Waals surface area contributed by atoms with E-state index in [9.17, 15) is 4.79 Å². The van der Waals surface area contributed by atoms with Gasteiger partial charge in [0, 0.05) is 36.9 Å². The van der Waals surface area contributed by atoms with Crippen LogP contribution in [-0.4, -0.2) is 50.9 Å². The molecule has 158 valence electrons. The Labute approximate surface area is 176 Å². The smallest absolute Gasteiger partial charge is 0.251 e. The number of rotatable bonds is 8. The summed E-state index contributed by atoms with van der Waals surface area (Å²) in [6.45, 7) is 8.55. The molecule has 30 heavy (non-hydrogen) atoms. The molecule has 3 rings (SSSR count). The molecule has 0 saturated heterocycles. The summed E-state index contributed by atoms with van der Waals surface area (Å²) in [5.74, 6) is 0.959. The second-order valence-electron chi connectivity index (χ2n) is 7.92. The Morgan fingerprint density at radius 2 is 2.00 bits per heavy atom. The average molecular weight is 409 g/mol. The number of hydrogen-bond donors (Lipinski definition) is 1. The van der Waals surface area contributed by atoms with E-state index in [1.807, 2.05) is 44.3 Å². The molecule has 0 aliphatic heterocycles. The normalized spacial score (nSPS) is 12.2. The SMILES string of the molecule is COCC(C)NC(=O)c1cc(-c2ccc(C)cn2)cc(-n2nnnc2CC(C)C)c1. The highest BCUT2D eigenvalue weighted by molar-refractivity contribution is 5.96. The zero-order valence-corrected chi connectivity index (χ0v) is 18.1. The van der Waals surface area contributed by atoms with Gasteiger partial charge in [0.15, 0.2) is 5.82 Å². The van der Waals surface area contributed by atoms with Crippen LogP contribution < -0.4 is 5.32 Å². The maximum atomic E-state index is 12.9. The van der Waals surface area contributed by atoms with Crippen molar-refractivity contribution < 1.29 is 9.53 Å². The van der Waals surface area contributed by atoms with E-state index in [4.69, 9.17) is 4.74 Å². The first-order valence-electron chi connectivity index (χ1n) is 10.0.